The Morgan fingerprint density at radius 1 is 1.04 bits per heavy atom. The van der Waals surface area contributed by atoms with Gasteiger partial charge >= 0.3 is 11.9 Å². The summed E-state index contributed by atoms with van der Waals surface area (Å²) < 4.78 is 0. The van der Waals surface area contributed by atoms with Crippen LogP contribution in [-0.2, 0) is 22.6 Å². The van der Waals surface area contributed by atoms with Crippen molar-refractivity contribution >= 4 is 11.9 Å². The number of likely N-dealkylation sites (N-methyl/N-ethyl adjacent to an activating group) is 1. The van der Waals surface area contributed by atoms with Gasteiger partial charge in [-0.1, -0.05) is 55.5 Å². The summed E-state index contributed by atoms with van der Waals surface area (Å²) in [4.78, 5) is 21.6. The van der Waals surface area contributed by atoms with Gasteiger partial charge in [-0.2, -0.15) is 0 Å². The molecule has 142 valence electrons. The molecular formula is C22H25NO4. The minimum absolute atomic E-state index is 0.558. The van der Waals surface area contributed by atoms with Gasteiger partial charge in [0.2, 0.25) is 0 Å². The molecule has 2 N–H and O–H groups in total. The van der Waals surface area contributed by atoms with E-state index in [-0.39, 0.29) is 0 Å². The van der Waals surface area contributed by atoms with E-state index in [1.807, 2.05) is 0 Å². The molecule has 0 radical (unpaired) electrons. The van der Waals surface area contributed by atoms with Gasteiger partial charge < -0.3 is 10.2 Å². The Labute approximate surface area is 159 Å². The largest absolute Gasteiger partial charge is 0.478 e. The number of fused-ring (bicyclic) bond motifs is 1. The predicted molar refractivity (Wildman–Crippen MR) is 106 cm³/mol. The highest BCUT2D eigenvalue weighted by atomic mass is 16.4. The fraction of sp³-hybridized carbons (Fsp3) is 0.273. The summed E-state index contributed by atoms with van der Waals surface area (Å²) >= 11 is 0. The maximum atomic E-state index is 9.55. The summed E-state index contributed by atoms with van der Waals surface area (Å²) in [6.45, 7) is 3.35. The minimum Gasteiger partial charge on any atom is -0.478 e. The molecule has 1 aliphatic rings. The van der Waals surface area contributed by atoms with Crippen molar-refractivity contribution in [3.05, 3.63) is 71.8 Å². The first-order chi connectivity index (χ1) is 12.9. The number of carboxylic acids is 2. The number of aliphatic carboxylic acids is 2. The van der Waals surface area contributed by atoms with Crippen molar-refractivity contribution in [1.29, 1.82) is 0 Å². The second-order valence-electron chi connectivity index (χ2n) is 6.50. The highest BCUT2D eigenvalue weighted by molar-refractivity contribution is 5.89. The fourth-order valence-corrected chi connectivity index (χ4v) is 3.29. The number of benzene rings is 2. The van der Waals surface area contributed by atoms with E-state index >= 15 is 0 Å². The van der Waals surface area contributed by atoms with Gasteiger partial charge in [0.15, 0.2) is 0 Å². The molecular weight excluding hydrogens is 342 g/mol. The molecule has 5 nitrogen and oxygen atoms in total. The summed E-state index contributed by atoms with van der Waals surface area (Å²) in [5, 5.41) is 15.6. The molecule has 1 atom stereocenters. The zero-order valence-corrected chi connectivity index (χ0v) is 15.6. The van der Waals surface area contributed by atoms with Gasteiger partial charge in [-0.3, -0.25) is 4.90 Å². The Morgan fingerprint density at radius 3 is 2.22 bits per heavy atom. The standard InChI is InChI=1S/C18H21N.C4H4O4/c1-3-16-12-15-10-7-11-17(18(15)13-19(16)2)14-8-5-4-6-9-14;5-3(6)1-2-4(7)8/h4-11,16H,3,12-13H2,1-2H3;1-2H,(H,5,6)(H,7,8)/b;2-1-. The zero-order valence-electron chi connectivity index (χ0n) is 15.6. The Bertz CT molecular complexity index is 798. The highest BCUT2D eigenvalue weighted by Gasteiger charge is 2.23. The molecule has 0 saturated carbocycles. The summed E-state index contributed by atoms with van der Waals surface area (Å²) in [6.07, 6.45) is 3.53. The van der Waals surface area contributed by atoms with Crippen LogP contribution in [-0.4, -0.2) is 40.1 Å². The van der Waals surface area contributed by atoms with Crippen LogP contribution in [0.5, 0.6) is 0 Å². The third-order valence-corrected chi connectivity index (χ3v) is 4.68. The molecule has 2 aromatic rings. The van der Waals surface area contributed by atoms with E-state index in [0.29, 0.717) is 18.2 Å². The molecule has 0 bridgehead atoms. The van der Waals surface area contributed by atoms with Gasteiger partial charge in [0, 0.05) is 24.7 Å². The Hall–Kier alpha value is -2.92. The van der Waals surface area contributed by atoms with Crippen molar-refractivity contribution in [3.63, 3.8) is 0 Å². The van der Waals surface area contributed by atoms with Crippen molar-refractivity contribution < 1.29 is 19.8 Å². The van der Waals surface area contributed by atoms with E-state index in [1.165, 1.54) is 35.1 Å². The minimum atomic E-state index is -1.26. The second-order valence-corrected chi connectivity index (χ2v) is 6.50. The Morgan fingerprint density at radius 2 is 1.67 bits per heavy atom. The monoisotopic (exact) mass is 367 g/mol. The molecule has 1 heterocycles. The molecule has 2 aromatic carbocycles. The van der Waals surface area contributed by atoms with Crippen LogP contribution in [0.4, 0.5) is 0 Å². The highest BCUT2D eigenvalue weighted by Crippen LogP contribution is 2.32. The maximum Gasteiger partial charge on any atom is 0.328 e. The predicted octanol–water partition coefficient (Wildman–Crippen LogP) is 3.83. The third kappa shape index (κ3) is 5.79. The van der Waals surface area contributed by atoms with Gasteiger partial charge in [0.25, 0.3) is 0 Å². The lowest BCUT2D eigenvalue weighted by atomic mass is 9.88. The van der Waals surface area contributed by atoms with Crippen LogP contribution in [0.25, 0.3) is 11.1 Å². The van der Waals surface area contributed by atoms with Crippen LogP contribution in [0.2, 0.25) is 0 Å². The van der Waals surface area contributed by atoms with E-state index in [0.717, 1.165) is 6.54 Å². The van der Waals surface area contributed by atoms with Gasteiger partial charge in [0.05, 0.1) is 0 Å². The average Bonchev–Trinajstić information content (AvgIpc) is 2.66. The summed E-state index contributed by atoms with van der Waals surface area (Å²) in [5.41, 5.74) is 5.79. The first-order valence-electron chi connectivity index (χ1n) is 8.92. The zero-order chi connectivity index (χ0) is 19.8. The second kappa shape index (κ2) is 9.69. The lowest BCUT2D eigenvalue weighted by molar-refractivity contribution is -0.134. The van der Waals surface area contributed by atoms with Crippen molar-refractivity contribution in [2.24, 2.45) is 0 Å². The van der Waals surface area contributed by atoms with E-state index in [1.54, 1.807) is 0 Å². The SMILES string of the molecule is CCC1Cc2cccc(-c3ccccc3)c2CN1C.O=C(O)/C=C\C(=O)O. The van der Waals surface area contributed by atoms with E-state index < -0.39 is 11.9 Å². The van der Waals surface area contributed by atoms with Crippen LogP contribution in [0.1, 0.15) is 24.5 Å². The van der Waals surface area contributed by atoms with Crippen LogP contribution in [0.15, 0.2) is 60.7 Å². The summed E-state index contributed by atoms with van der Waals surface area (Å²) in [5.74, 6) is -2.51. The number of carboxylic acid groups (broad SMARTS) is 2. The fourth-order valence-electron chi connectivity index (χ4n) is 3.29. The Balaban J connectivity index is 0.000000279. The molecule has 0 aromatic heterocycles. The van der Waals surface area contributed by atoms with Gasteiger partial charge in [-0.25, -0.2) is 9.59 Å². The quantitative estimate of drug-likeness (QED) is 0.803. The molecule has 1 aliphatic heterocycles. The topological polar surface area (TPSA) is 77.8 Å². The smallest absolute Gasteiger partial charge is 0.328 e. The van der Waals surface area contributed by atoms with Crippen LogP contribution in [0.3, 0.4) is 0 Å². The number of nitrogens with zero attached hydrogens (tertiary/aromatic N) is 1. The number of hydrogen-bond donors (Lipinski definition) is 2. The number of carbonyl (C=O) groups is 2. The van der Waals surface area contributed by atoms with Crippen molar-refractivity contribution in [3.8, 4) is 11.1 Å². The summed E-state index contributed by atoms with van der Waals surface area (Å²) in [6, 6.07) is 18.2. The first-order valence-corrected chi connectivity index (χ1v) is 8.92. The van der Waals surface area contributed by atoms with E-state index in [2.05, 4.69) is 67.4 Å². The molecule has 27 heavy (non-hydrogen) atoms. The summed E-state index contributed by atoms with van der Waals surface area (Å²) in [7, 11) is 2.25. The molecule has 5 heteroatoms. The first kappa shape index (κ1) is 20.4. The van der Waals surface area contributed by atoms with Gasteiger partial charge in [0.1, 0.15) is 0 Å². The molecule has 1 unspecified atom stereocenters. The lowest BCUT2D eigenvalue weighted by Crippen LogP contribution is -2.37. The molecule has 0 aliphatic carbocycles. The van der Waals surface area contributed by atoms with E-state index in [4.69, 9.17) is 10.2 Å². The van der Waals surface area contributed by atoms with Crippen molar-refractivity contribution in [2.45, 2.75) is 32.4 Å². The van der Waals surface area contributed by atoms with Gasteiger partial charge in [-0.05, 0) is 42.1 Å². The number of hydrogen-bond acceptors (Lipinski definition) is 3. The van der Waals surface area contributed by atoms with Crippen LogP contribution >= 0.6 is 0 Å². The molecule has 0 fully saturated rings. The van der Waals surface area contributed by atoms with Crippen molar-refractivity contribution in [1.82, 2.24) is 4.90 Å². The number of rotatable bonds is 4. The Kier molecular flexibility index (Phi) is 7.32. The van der Waals surface area contributed by atoms with Crippen LogP contribution < -0.4 is 0 Å². The average molecular weight is 367 g/mol. The molecule has 0 saturated heterocycles. The van der Waals surface area contributed by atoms with E-state index in [9.17, 15) is 9.59 Å². The normalized spacial score (nSPS) is 16.3. The molecule has 3 rings (SSSR count). The maximum absolute atomic E-state index is 9.55. The lowest BCUT2D eigenvalue weighted by Gasteiger charge is -2.34. The third-order valence-electron chi connectivity index (χ3n) is 4.68. The molecule has 0 spiro atoms. The van der Waals surface area contributed by atoms with Crippen molar-refractivity contribution in [2.75, 3.05) is 7.05 Å². The van der Waals surface area contributed by atoms with Crippen LogP contribution in [0, 0.1) is 0 Å². The molecule has 0 amide bonds. The van der Waals surface area contributed by atoms with Gasteiger partial charge in [-0.15, -0.1) is 0 Å².